The topological polar surface area (TPSA) is 63.5 Å². The first kappa shape index (κ1) is 16.4. The molecule has 1 heterocycles. The van der Waals surface area contributed by atoms with Crippen LogP contribution >= 0.6 is 24.0 Å². The fourth-order valence-electron chi connectivity index (χ4n) is 2.34. The molecule has 7 heteroatoms. The average molecular weight is 356 g/mol. The third kappa shape index (κ3) is 3.22. The van der Waals surface area contributed by atoms with Crippen LogP contribution in [0.15, 0.2) is 53.4 Å². The summed E-state index contributed by atoms with van der Waals surface area (Å²) in [7, 11) is 0. The Bertz CT molecular complexity index is 893. The number of benzene rings is 2. The molecule has 1 aliphatic rings. The second-order valence-corrected chi connectivity index (χ2v) is 6.88. The van der Waals surface area contributed by atoms with Gasteiger partial charge in [0.25, 0.3) is 11.6 Å². The molecule has 1 amide bonds. The summed E-state index contributed by atoms with van der Waals surface area (Å²) in [6.45, 7) is 1.94. The average Bonchev–Trinajstić information content (AvgIpc) is 2.81. The number of non-ortho nitro benzene ring substituents is 1. The van der Waals surface area contributed by atoms with Crippen molar-refractivity contribution in [3.05, 3.63) is 74.7 Å². The first-order valence-corrected chi connectivity index (χ1v) is 8.27. The lowest BCUT2D eigenvalue weighted by Gasteiger charge is -2.14. The van der Waals surface area contributed by atoms with Gasteiger partial charge in [-0.2, -0.15) is 0 Å². The Hall–Kier alpha value is -2.51. The summed E-state index contributed by atoms with van der Waals surface area (Å²) in [4.78, 5) is 25.0. The van der Waals surface area contributed by atoms with Crippen LogP contribution in [0.1, 0.15) is 11.1 Å². The van der Waals surface area contributed by atoms with E-state index in [0.717, 1.165) is 11.3 Å². The van der Waals surface area contributed by atoms with Crippen molar-refractivity contribution in [2.24, 2.45) is 0 Å². The summed E-state index contributed by atoms with van der Waals surface area (Å²) < 4.78 is 0.447. The van der Waals surface area contributed by atoms with E-state index in [1.54, 1.807) is 18.2 Å². The van der Waals surface area contributed by atoms with Crippen molar-refractivity contribution in [3.63, 3.8) is 0 Å². The van der Waals surface area contributed by atoms with Gasteiger partial charge in [-0.25, -0.2) is 0 Å². The zero-order chi connectivity index (χ0) is 17.3. The molecule has 120 valence electrons. The van der Waals surface area contributed by atoms with Gasteiger partial charge in [0.05, 0.1) is 15.5 Å². The van der Waals surface area contributed by atoms with Gasteiger partial charge in [-0.15, -0.1) is 0 Å². The minimum atomic E-state index is -0.463. The highest BCUT2D eigenvalue weighted by atomic mass is 32.2. The number of hydrogen-bond acceptors (Lipinski definition) is 5. The number of carbonyl (C=O) groups excluding carboxylic acids is 1. The van der Waals surface area contributed by atoms with Gasteiger partial charge in [0.15, 0.2) is 4.32 Å². The lowest BCUT2D eigenvalue weighted by Crippen LogP contribution is -2.27. The number of amides is 1. The molecular formula is C17H12N2O3S2. The molecule has 1 saturated heterocycles. The summed E-state index contributed by atoms with van der Waals surface area (Å²) in [6.07, 6.45) is 1.63. The zero-order valence-electron chi connectivity index (χ0n) is 12.6. The van der Waals surface area contributed by atoms with E-state index in [1.807, 2.05) is 31.2 Å². The second-order valence-electron chi connectivity index (χ2n) is 5.21. The molecule has 0 spiro atoms. The van der Waals surface area contributed by atoms with Crippen LogP contribution in [0.5, 0.6) is 0 Å². The largest absolute Gasteiger partial charge is 0.270 e. The van der Waals surface area contributed by atoms with Gasteiger partial charge in [0.2, 0.25) is 0 Å². The minimum absolute atomic E-state index is 0.0158. The van der Waals surface area contributed by atoms with Crippen LogP contribution in [-0.2, 0) is 4.79 Å². The van der Waals surface area contributed by atoms with Crippen molar-refractivity contribution in [1.82, 2.24) is 0 Å². The van der Waals surface area contributed by atoms with Crippen LogP contribution < -0.4 is 4.90 Å². The van der Waals surface area contributed by atoms with Crippen LogP contribution in [0.4, 0.5) is 11.4 Å². The maximum absolute atomic E-state index is 12.7. The van der Waals surface area contributed by atoms with Gasteiger partial charge in [-0.3, -0.25) is 19.8 Å². The highest BCUT2D eigenvalue weighted by Crippen LogP contribution is 2.36. The molecule has 0 N–H and O–H groups in total. The molecule has 0 aromatic heterocycles. The third-order valence-corrected chi connectivity index (χ3v) is 4.73. The van der Waals surface area contributed by atoms with Crippen LogP contribution in [0.2, 0.25) is 0 Å². The van der Waals surface area contributed by atoms with Crippen molar-refractivity contribution in [1.29, 1.82) is 0 Å². The molecule has 2 aromatic rings. The number of hydrogen-bond donors (Lipinski definition) is 0. The first-order chi connectivity index (χ1) is 11.5. The number of rotatable bonds is 3. The van der Waals surface area contributed by atoms with Gasteiger partial charge < -0.3 is 0 Å². The molecular weight excluding hydrogens is 344 g/mol. The van der Waals surface area contributed by atoms with Crippen molar-refractivity contribution < 1.29 is 9.72 Å². The molecule has 1 aliphatic heterocycles. The maximum Gasteiger partial charge on any atom is 0.270 e. The first-order valence-electron chi connectivity index (χ1n) is 7.05. The van der Waals surface area contributed by atoms with Crippen LogP contribution in [0, 0.1) is 17.0 Å². The number of thiocarbonyl (C=S) groups is 1. The molecule has 0 atom stereocenters. The van der Waals surface area contributed by atoms with Gasteiger partial charge >= 0.3 is 0 Å². The summed E-state index contributed by atoms with van der Waals surface area (Å²) in [6, 6.07) is 13.7. The normalized spacial score (nSPS) is 16.0. The van der Waals surface area contributed by atoms with Crippen molar-refractivity contribution in [3.8, 4) is 0 Å². The number of nitro benzene ring substituents is 1. The molecule has 2 aromatic carbocycles. The third-order valence-electron chi connectivity index (χ3n) is 3.43. The molecule has 0 bridgehead atoms. The second kappa shape index (κ2) is 6.54. The lowest BCUT2D eigenvalue weighted by molar-refractivity contribution is -0.384. The molecule has 5 nitrogen and oxygen atoms in total. The molecule has 0 radical (unpaired) electrons. The van der Waals surface area contributed by atoms with Crippen LogP contribution in [0.25, 0.3) is 6.08 Å². The molecule has 24 heavy (non-hydrogen) atoms. The molecule has 0 aliphatic carbocycles. The maximum atomic E-state index is 12.7. The van der Waals surface area contributed by atoms with Crippen molar-refractivity contribution in [2.45, 2.75) is 6.92 Å². The number of anilines is 1. The molecule has 1 fully saturated rings. The van der Waals surface area contributed by atoms with E-state index < -0.39 is 4.92 Å². The van der Waals surface area contributed by atoms with Gasteiger partial charge in [0, 0.05) is 12.1 Å². The predicted molar refractivity (Wildman–Crippen MR) is 99.9 cm³/mol. The van der Waals surface area contributed by atoms with Crippen LogP contribution in [-0.4, -0.2) is 15.2 Å². The van der Waals surface area contributed by atoms with E-state index >= 15 is 0 Å². The number of nitro groups is 1. The number of nitrogens with zero attached hydrogens (tertiary/aromatic N) is 2. The fourth-order valence-corrected chi connectivity index (χ4v) is 3.64. The Balaban J connectivity index is 1.94. The summed E-state index contributed by atoms with van der Waals surface area (Å²) in [5.74, 6) is -0.220. The Morgan fingerprint density at radius 2 is 1.96 bits per heavy atom. The van der Waals surface area contributed by atoms with Crippen LogP contribution in [0.3, 0.4) is 0 Å². The SMILES string of the molecule is Cc1cccc(N2C(=O)C(=Cc3cccc([N+](=O)[O-])c3)SC2=S)c1. The van der Waals surface area contributed by atoms with Gasteiger partial charge in [-0.1, -0.05) is 48.2 Å². The van der Waals surface area contributed by atoms with E-state index in [0.29, 0.717) is 14.8 Å². The highest BCUT2D eigenvalue weighted by Gasteiger charge is 2.33. The van der Waals surface area contributed by atoms with Crippen molar-refractivity contribution in [2.75, 3.05) is 4.90 Å². The van der Waals surface area contributed by atoms with E-state index in [-0.39, 0.29) is 11.6 Å². The summed E-state index contributed by atoms with van der Waals surface area (Å²) >= 11 is 6.51. The standard InChI is InChI=1S/C17H12N2O3S2/c1-11-4-2-6-13(8-11)18-16(20)15(24-17(18)23)10-12-5-3-7-14(9-12)19(21)22/h2-10H,1H3. The summed E-state index contributed by atoms with van der Waals surface area (Å²) in [5, 5.41) is 10.9. The number of aryl methyl sites for hydroxylation is 1. The monoisotopic (exact) mass is 356 g/mol. The molecule has 3 rings (SSSR count). The number of thioether (sulfide) groups is 1. The predicted octanol–water partition coefficient (Wildman–Crippen LogP) is 4.31. The smallest absolute Gasteiger partial charge is 0.268 e. The Kier molecular flexibility index (Phi) is 4.46. The quantitative estimate of drug-likeness (QED) is 0.355. The highest BCUT2D eigenvalue weighted by molar-refractivity contribution is 8.27. The lowest BCUT2D eigenvalue weighted by atomic mass is 10.2. The Labute approximate surface area is 148 Å². The van der Waals surface area contributed by atoms with Gasteiger partial charge in [0.1, 0.15) is 0 Å². The van der Waals surface area contributed by atoms with E-state index in [9.17, 15) is 14.9 Å². The van der Waals surface area contributed by atoms with Gasteiger partial charge in [-0.05, 0) is 36.3 Å². The van der Waals surface area contributed by atoms with Crippen molar-refractivity contribution >= 4 is 51.7 Å². The molecule has 0 saturated carbocycles. The Morgan fingerprint density at radius 3 is 2.67 bits per heavy atom. The number of carbonyl (C=O) groups is 1. The summed E-state index contributed by atoms with van der Waals surface area (Å²) in [5.41, 5.74) is 2.33. The Morgan fingerprint density at radius 1 is 1.21 bits per heavy atom. The van der Waals surface area contributed by atoms with E-state index in [1.165, 1.54) is 28.8 Å². The molecule has 0 unspecified atom stereocenters. The van der Waals surface area contributed by atoms with E-state index in [4.69, 9.17) is 12.2 Å². The minimum Gasteiger partial charge on any atom is -0.268 e. The zero-order valence-corrected chi connectivity index (χ0v) is 14.3. The van der Waals surface area contributed by atoms with E-state index in [2.05, 4.69) is 0 Å². The fraction of sp³-hybridized carbons (Fsp3) is 0.0588.